The van der Waals surface area contributed by atoms with E-state index in [-0.39, 0.29) is 10.6 Å². The largest absolute Gasteiger partial charge is 0.385 e. The van der Waals surface area contributed by atoms with Crippen LogP contribution in [0.25, 0.3) is 0 Å². The molecule has 0 spiro atoms. The van der Waals surface area contributed by atoms with Crippen molar-refractivity contribution in [1.29, 1.82) is 0 Å². The zero-order valence-corrected chi connectivity index (χ0v) is 12.7. The minimum absolute atomic E-state index is 0.160. The van der Waals surface area contributed by atoms with Crippen molar-refractivity contribution in [1.82, 2.24) is 0 Å². The first kappa shape index (κ1) is 14.6. The predicted molar refractivity (Wildman–Crippen MR) is 81.8 cm³/mol. The van der Waals surface area contributed by atoms with E-state index in [9.17, 15) is 10.1 Å². The van der Waals surface area contributed by atoms with Crippen LogP contribution in [0.15, 0.2) is 18.2 Å². The molecule has 0 aromatic heterocycles. The summed E-state index contributed by atoms with van der Waals surface area (Å²) in [5.41, 5.74) is 1.10. The summed E-state index contributed by atoms with van der Waals surface area (Å²) in [6.45, 7) is 3.06. The molecule has 1 N–H and O–H groups in total. The van der Waals surface area contributed by atoms with E-state index in [0.29, 0.717) is 9.49 Å². The molecular formula is C11H15IN2O2S. The summed E-state index contributed by atoms with van der Waals surface area (Å²) in [6.07, 6.45) is 2.09. The van der Waals surface area contributed by atoms with E-state index >= 15 is 0 Å². The van der Waals surface area contributed by atoms with Crippen molar-refractivity contribution >= 4 is 45.7 Å². The Morgan fingerprint density at radius 1 is 1.59 bits per heavy atom. The summed E-state index contributed by atoms with van der Waals surface area (Å²) in [7, 11) is 0. The molecule has 0 heterocycles. The van der Waals surface area contributed by atoms with E-state index in [1.807, 2.05) is 40.4 Å². The second-order valence-electron chi connectivity index (χ2n) is 3.86. The van der Waals surface area contributed by atoms with Crippen molar-refractivity contribution < 1.29 is 4.92 Å². The Morgan fingerprint density at radius 3 is 2.82 bits per heavy atom. The molecule has 0 saturated heterocycles. The number of hydrogen-bond acceptors (Lipinski definition) is 4. The number of anilines is 1. The average molecular weight is 366 g/mol. The van der Waals surface area contributed by atoms with E-state index in [1.54, 1.807) is 12.1 Å². The Hall–Kier alpha value is -0.500. The highest BCUT2D eigenvalue weighted by Gasteiger charge is 2.11. The van der Waals surface area contributed by atoms with Crippen LogP contribution in [-0.4, -0.2) is 23.5 Å². The van der Waals surface area contributed by atoms with Gasteiger partial charge in [-0.3, -0.25) is 10.1 Å². The lowest BCUT2D eigenvalue weighted by Crippen LogP contribution is -2.13. The fourth-order valence-electron chi connectivity index (χ4n) is 1.40. The quantitative estimate of drug-likeness (QED) is 0.475. The minimum Gasteiger partial charge on any atom is -0.385 e. The van der Waals surface area contributed by atoms with E-state index < -0.39 is 0 Å². The number of hydrogen-bond donors (Lipinski definition) is 1. The third kappa shape index (κ3) is 4.71. The molecule has 0 fully saturated rings. The normalized spacial score (nSPS) is 12.2. The Kier molecular flexibility index (Phi) is 6.04. The lowest BCUT2D eigenvalue weighted by molar-refractivity contribution is -0.385. The molecule has 0 amide bonds. The maximum Gasteiger partial charge on any atom is 0.282 e. The maximum absolute atomic E-state index is 10.7. The molecule has 1 rings (SSSR count). The molecule has 0 radical (unpaired) electrons. The van der Waals surface area contributed by atoms with Gasteiger partial charge < -0.3 is 5.32 Å². The summed E-state index contributed by atoms with van der Waals surface area (Å²) in [5.74, 6) is 1.69. The second kappa shape index (κ2) is 7.05. The number of nitro benzene ring substituents is 1. The van der Waals surface area contributed by atoms with E-state index in [2.05, 4.69) is 18.5 Å². The Morgan fingerprint density at radius 2 is 2.29 bits per heavy atom. The zero-order valence-electron chi connectivity index (χ0n) is 9.77. The fourth-order valence-corrected chi connectivity index (χ4v) is 2.80. The van der Waals surface area contributed by atoms with Crippen LogP contribution in [0.5, 0.6) is 0 Å². The molecular weight excluding hydrogens is 351 g/mol. The van der Waals surface area contributed by atoms with Crippen molar-refractivity contribution in [3.63, 3.8) is 0 Å². The molecule has 1 atom stereocenters. The molecule has 0 aliphatic rings. The first-order valence-electron chi connectivity index (χ1n) is 5.21. The van der Waals surface area contributed by atoms with Gasteiger partial charge in [0, 0.05) is 18.3 Å². The smallest absolute Gasteiger partial charge is 0.282 e. The lowest BCUT2D eigenvalue weighted by atomic mass is 10.2. The van der Waals surface area contributed by atoms with Crippen LogP contribution in [0, 0.1) is 19.6 Å². The fraction of sp³-hybridized carbons (Fsp3) is 0.455. The number of nitrogens with one attached hydrogen (secondary N) is 1. The topological polar surface area (TPSA) is 55.2 Å². The summed E-state index contributed by atoms with van der Waals surface area (Å²) in [4.78, 5) is 10.3. The highest BCUT2D eigenvalue weighted by Crippen LogP contribution is 2.24. The summed E-state index contributed by atoms with van der Waals surface area (Å²) >= 11 is 3.81. The monoisotopic (exact) mass is 366 g/mol. The van der Waals surface area contributed by atoms with Gasteiger partial charge in [0.25, 0.3) is 5.69 Å². The zero-order chi connectivity index (χ0) is 12.8. The summed E-state index contributed by atoms with van der Waals surface area (Å²) in [5, 5.41) is 14.0. The van der Waals surface area contributed by atoms with Crippen LogP contribution in [0.1, 0.15) is 6.92 Å². The molecule has 0 saturated carbocycles. The van der Waals surface area contributed by atoms with E-state index in [0.717, 1.165) is 18.0 Å². The van der Waals surface area contributed by atoms with Crippen molar-refractivity contribution in [3.05, 3.63) is 31.9 Å². The number of thioether (sulfide) groups is 1. The van der Waals surface area contributed by atoms with Gasteiger partial charge >= 0.3 is 0 Å². The molecule has 0 aliphatic heterocycles. The van der Waals surface area contributed by atoms with Gasteiger partial charge in [-0.2, -0.15) is 11.8 Å². The molecule has 1 aromatic carbocycles. The van der Waals surface area contributed by atoms with Crippen LogP contribution in [0.2, 0.25) is 0 Å². The molecule has 6 heteroatoms. The van der Waals surface area contributed by atoms with Crippen molar-refractivity contribution in [3.8, 4) is 0 Å². The van der Waals surface area contributed by atoms with Crippen LogP contribution < -0.4 is 5.32 Å². The average Bonchev–Trinajstić information content (AvgIpc) is 2.26. The molecule has 1 unspecified atom stereocenters. The van der Waals surface area contributed by atoms with Gasteiger partial charge in [-0.25, -0.2) is 0 Å². The van der Waals surface area contributed by atoms with Gasteiger partial charge in [0.15, 0.2) is 0 Å². The molecule has 1 aromatic rings. The first-order valence-corrected chi connectivity index (χ1v) is 7.68. The molecule has 0 aliphatic carbocycles. The number of rotatable bonds is 6. The van der Waals surface area contributed by atoms with Gasteiger partial charge in [0.2, 0.25) is 0 Å². The van der Waals surface area contributed by atoms with Crippen LogP contribution in [0.3, 0.4) is 0 Å². The summed E-state index contributed by atoms with van der Waals surface area (Å²) in [6, 6.07) is 5.11. The van der Waals surface area contributed by atoms with Crippen LogP contribution in [-0.2, 0) is 0 Å². The first-order chi connectivity index (χ1) is 8.04. The highest BCUT2D eigenvalue weighted by atomic mass is 127. The van der Waals surface area contributed by atoms with E-state index in [4.69, 9.17) is 0 Å². The van der Waals surface area contributed by atoms with Gasteiger partial charge in [-0.1, -0.05) is 6.92 Å². The van der Waals surface area contributed by atoms with Gasteiger partial charge in [0.1, 0.15) is 0 Å². The molecule has 0 bridgehead atoms. The number of nitro groups is 1. The molecule has 4 nitrogen and oxygen atoms in total. The number of nitrogens with zero attached hydrogens (tertiary/aromatic N) is 1. The predicted octanol–water partition coefficient (Wildman–Crippen LogP) is 3.61. The van der Waals surface area contributed by atoms with Crippen LogP contribution in [0.4, 0.5) is 11.4 Å². The lowest BCUT2D eigenvalue weighted by Gasteiger charge is -2.12. The van der Waals surface area contributed by atoms with Gasteiger partial charge in [-0.05, 0) is 52.7 Å². The SMILES string of the molecule is CSCC(C)CNc1ccc([N+](=O)[O-])c(I)c1. The van der Waals surface area contributed by atoms with Gasteiger partial charge in [0.05, 0.1) is 8.49 Å². The third-order valence-corrected chi connectivity index (χ3v) is 4.02. The van der Waals surface area contributed by atoms with Crippen molar-refractivity contribution in [2.24, 2.45) is 5.92 Å². The summed E-state index contributed by atoms with van der Waals surface area (Å²) < 4.78 is 0.662. The third-order valence-electron chi connectivity index (χ3n) is 2.25. The minimum atomic E-state index is -0.359. The Labute approximate surface area is 119 Å². The van der Waals surface area contributed by atoms with Crippen molar-refractivity contribution in [2.75, 3.05) is 23.9 Å². The number of benzene rings is 1. The highest BCUT2D eigenvalue weighted by molar-refractivity contribution is 14.1. The second-order valence-corrected chi connectivity index (χ2v) is 5.94. The molecule has 94 valence electrons. The standard InChI is InChI=1S/C11H15IN2O2S/c1-8(7-17-2)6-13-9-3-4-11(14(15)16)10(12)5-9/h3-5,8,13H,6-7H2,1-2H3. The Balaban J connectivity index is 2.62. The van der Waals surface area contributed by atoms with E-state index in [1.165, 1.54) is 0 Å². The molecule has 17 heavy (non-hydrogen) atoms. The van der Waals surface area contributed by atoms with Crippen LogP contribution >= 0.6 is 34.4 Å². The van der Waals surface area contributed by atoms with Crippen molar-refractivity contribution in [2.45, 2.75) is 6.92 Å². The number of halogens is 1. The maximum atomic E-state index is 10.7. The Bertz CT molecular complexity index is 401. The van der Waals surface area contributed by atoms with Gasteiger partial charge in [-0.15, -0.1) is 0 Å².